The number of nitrogens with one attached hydrogen (secondary N) is 1. The fourth-order valence-electron chi connectivity index (χ4n) is 3.20. The molecule has 2 N–H and O–H groups in total. The first kappa shape index (κ1) is 16.8. The fraction of sp³-hybridized carbons (Fsp3) is 0.526. The van der Waals surface area contributed by atoms with Crippen LogP contribution >= 0.6 is 0 Å². The minimum Gasteiger partial charge on any atom is -0.494 e. The second kappa shape index (κ2) is 6.85. The number of aromatic hydroxyl groups is 1. The van der Waals surface area contributed by atoms with Gasteiger partial charge in [0.1, 0.15) is 0 Å². The number of hydrogen-bond donors (Lipinski definition) is 2. The first-order chi connectivity index (χ1) is 11.5. The van der Waals surface area contributed by atoms with Crippen LogP contribution in [0.15, 0.2) is 23.2 Å². The van der Waals surface area contributed by atoms with Gasteiger partial charge < -0.3 is 19.7 Å². The van der Waals surface area contributed by atoms with Crippen LogP contribution in [-0.2, 0) is 4.74 Å². The average molecular weight is 329 g/mol. The summed E-state index contributed by atoms with van der Waals surface area (Å²) in [5.74, 6) is 0.282. The van der Waals surface area contributed by atoms with E-state index in [1.165, 1.54) is 0 Å². The lowest BCUT2D eigenvalue weighted by molar-refractivity contribution is 0.171. The fourth-order valence-corrected chi connectivity index (χ4v) is 3.20. The zero-order valence-corrected chi connectivity index (χ0v) is 15.0. The van der Waals surface area contributed by atoms with Gasteiger partial charge in [-0.2, -0.15) is 0 Å². The van der Waals surface area contributed by atoms with Gasteiger partial charge in [0, 0.05) is 23.2 Å². The molecule has 5 nitrogen and oxygen atoms in total. The van der Waals surface area contributed by atoms with E-state index in [0.29, 0.717) is 25.8 Å². The molecule has 0 saturated heterocycles. The van der Waals surface area contributed by atoms with Crippen molar-refractivity contribution >= 4 is 22.3 Å². The number of aromatic nitrogens is 1. The van der Waals surface area contributed by atoms with Crippen LogP contribution in [0.2, 0.25) is 0 Å². The highest BCUT2D eigenvalue weighted by molar-refractivity contribution is 6.14. The smallest absolute Gasteiger partial charge is 0.201 e. The second-order valence-electron chi connectivity index (χ2n) is 6.73. The summed E-state index contributed by atoms with van der Waals surface area (Å²) in [4.78, 5) is 4.59. The van der Waals surface area contributed by atoms with Gasteiger partial charge in [-0.1, -0.05) is 6.92 Å². The molecular formula is C19H27N3O2. The summed E-state index contributed by atoms with van der Waals surface area (Å²) >= 11 is 0. The molecule has 0 saturated carbocycles. The summed E-state index contributed by atoms with van der Waals surface area (Å²) in [5.41, 5.74) is 3.74. The van der Waals surface area contributed by atoms with Gasteiger partial charge >= 0.3 is 0 Å². The predicted octanol–water partition coefficient (Wildman–Crippen LogP) is 3.96. The van der Waals surface area contributed by atoms with E-state index in [2.05, 4.69) is 56.2 Å². The van der Waals surface area contributed by atoms with Crippen molar-refractivity contribution in [2.75, 3.05) is 25.1 Å². The molecule has 2 aromatic rings. The van der Waals surface area contributed by atoms with Crippen LogP contribution in [0.25, 0.3) is 10.9 Å². The third-order valence-corrected chi connectivity index (χ3v) is 4.58. The monoisotopic (exact) mass is 329 g/mol. The van der Waals surface area contributed by atoms with Gasteiger partial charge in [0.15, 0.2) is 0 Å². The van der Waals surface area contributed by atoms with Crippen molar-refractivity contribution in [3.8, 4) is 5.88 Å². The highest BCUT2D eigenvalue weighted by Gasteiger charge is 2.23. The number of aliphatic imine (C=N–C) groups is 1. The minimum atomic E-state index is 0.166. The van der Waals surface area contributed by atoms with Crippen LogP contribution in [0, 0.1) is 0 Å². The molecule has 0 spiro atoms. The predicted molar refractivity (Wildman–Crippen MR) is 99.6 cm³/mol. The molecule has 130 valence electrons. The first-order valence-corrected chi connectivity index (χ1v) is 8.77. The highest BCUT2D eigenvalue weighted by atomic mass is 16.5. The molecule has 0 amide bonds. The average Bonchev–Trinajstić information content (AvgIpc) is 2.86. The number of benzene rings is 1. The maximum atomic E-state index is 10.9. The summed E-state index contributed by atoms with van der Waals surface area (Å²) in [6.07, 6.45) is 1.06. The Bertz CT molecular complexity index is 762. The summed E-state index contributed by atoms with van der Waals surface area (Å²) in [5, 5.41) is 15.4. The van der Waals surface area contributed by atoms with Crippen molar-refractivity contribution in [3.05, 3.63) is 23.8 Å². The quantitative estimate of drug-likeness (QED) is 0.873. The molecule has 2 heterocycles. The normalized spacial score (nSPS) is 16.5. The number of fused-ring (bicyclic) bond motifs is 1. The molecule has 1 aliphatic heterocycles. The van der Waals surface area contributed by atoms with E-state index in [1.54, 1.807) is 0 Å². The molecule has 1 aromatic carbocycles. The standard InChI is InChI=1S/C19H27N3O2/c1-5-13(4)21-14-6-7-17-15(10-14)18(16-11-24-9-8-20-16)19(23)22(17)12(2)3/h6-7,10,12-13,21,23H,5,8-9,11H2,1-4H3. The van der Waals surface area contributed by atoms with E-state index in [-0.39, 0.29) is 11.9 Å². The first-order valence-electron chi connectivity index (χ1n) is 8.77. The van der Waals surface area contributed by atoms with Crippen LogP contribution in [0.3, 0.4) is 0 Å². The third-order valence-electron chi connectivity index (χ3n) is 4.58. The molecule has 1 atom stereocenters. The lowest BCUT2D eigenvalue weighted by Crippen LogP contribution is -2.19. The van der Waals surface area contributed by atoms with Crippen LogP contribution in [0.1, 0.15) is 45.7 Å². The second-order valence-corrected chi connectivity index (χ2v) is 6.73. The van der Waals surface area contributed by atoms with E-state index in [1.807, 2.05) is 4.57 Å². The Kier molecular flexibility index (Phi) is 4.81. The van der Waals surface area contributed by atoms with E-state index in [0.717, 1.165) is 34.3 Å². The molecule has 0 aliphatic carbocycles. The van der Waals surface area contributed by atoms with Gasteiger partial charge in [-0.05, 0) is 45.4 Å². The number of hydrogen-bond acceptors (Lipinski definition) is 4. The summed E-state index contributed by atoms with van der Waals surface area (Å²) < 4.78 is 7.52. The maximum Gasteiger partial charge on any atom is 0.201 e. The van der Waals surface area contributed by atoms with Gasteiger partial charge in [0.25, 0.3) is 0 Å². The van der Waals surface area contributed by atoms with Crippen LogP contribution in [0.4, 0.5) is 5.69 Å². The number of nitrogens with zero attached hydrogens (tertiary/aromatic N) is 2. The minimum absolute atomic E-state index is 0.166. The van der Waals surface area contributed by atoms with Crippen molar-refractivity contribution in [2.24, 2.45) is 4.99 Å². The van der Waals surface area contributed by atoms with Crippen molar-refractivity contribution < 1.29 is 9.84 Å². The van der Waals surface area contributed by atoms with Gasteiger partial charge in [-0.25, -0.2) is 0 Å². The summed E-state index contributed by atoms with van der Waals surface area (Å²) in [7, 11) is 0. The van der Waals surface area contributed by atoms with Crippen molar-refractivity contribution in [1.29, 1.82) is 0 Å². The molecular weight excluding hydrogens is 302 g/mol. The zero-order valence-electron chi connectivity index (χ0n) is 15.0. The van der Waals surface area contributed by atoms with Crippen molar-refractivity contribution in [2.45, 2.75) is 46.2 Å². The highest BCUT2D eigenvalue weighted by Crippen LogP contribution is 2.36. The Morgan fingerprint density at radius 1 is 1.33 bits per heavy atom. The molecule has 0 fully saturated rings. The van der Waals surface area contributed by atoms with E-state index in [9.17, 15) is 5.11 Å². The topological polar surface area (TPSA) is 58.8 Å². The Balaban J connectivity index is 2.17. The lowest BCUT2D eigenvalue weighted by Gasteiger charge is -2.14. The zero-order chi connectivity index (χ0) is 17.3. The number of rotatable bonds is 5. The van der Waals surface area contributed by atoms with Gasteiger partial charge in [0.2, 0.25) is 5.88 Å². The van der Waals surface area contributed by atoms with Crippen LogP contribution < -0.4 is 5.32 Å². The molecule has 0 radical (unpaired) electrons. The van der Waals surface area contributed by atoms with Gasteiger partial charge in [-0.15, -0.1) is 0 Å². The summed E-state index contributed by atoms with van der Waals surface area (Å²) in [6.45, 7) is 10.2. The Hall–Kier alpha value is -2.01. The largest absolute Gasteiger partial charge is 0.494 e. The Labute approximate surface area is 143 Å². The SMILES string of the molecule is CCC(C)Nc1ccc2c(c1)c(C1=NCCOC1)c(O)n2C(C)C. The Morgan fingerprint density at radius 2 is 2.12 bits per heavy atom. The van der Waals surface area contributed by atoms with Gasteiger partial charge in [0.05, 0.1) is 36.6 Å². The molecule has 1 aliphatic rings. The van der Waals surface area contributed by atoms with E-state index in [4.69, 9.17) is 4.74 Å². The van der Waals surface area contributed by atoms with Gasteiger partial charge in [-0.3, -0.25) is 4.99 Å². The maximum absolute atomic E-state index is 10.9. The third kappa shape index (κ3) is 3.00. The van der Waals surface area contributed by atoms with Crippen molar-refractivity contribution in [1.82, 2.24) is 4.57 Å². The molecule has 1 unspecified atom stereocenters. The van der Waals surface area contributed by atoms with Crippen LogP contribution in [0.5, 0.6) is 5.88 Å². The number of anilines is 1. The molecule has 24 heavy (non-hydrogen) atoms. The van der Waals surface area contributed by atoms with E-state index >= 15 is 0 Å². The Morgan fingerprint density at radius 3 is 2.75 bits per heavy atom. The van der Waals surface area contributed by atoms with Crippen LogP contribution in [-0.4, -0.2) is 41.2 Å². The summed E-state index contributed by atoms with van der Waals surface area (Å²) in [6, 6.07) is 6.84. The molecule has 3 rings (SSSR count). The van der Waals surface area contributed by atoms with Crippen molar-refractivity contribution in [3.63, 3.8) is 0 Å². The molecule has 5 heteroatoms. The number of ether oxygens (including phenoxy) is 1. The molecule has 1 aromatic heterocycles. The lowest BCUT2D eigenvalue weighted by atomic mass is 10.1. The molecule has 0 bridgehead atoms. The van der Waals surface area contributed by atoms with E-state index < -0.39 is 0 Å².